The third-order valence-corrected chi connectivity index (χ3v) is 5.79. The van der Waals surface area contributed by atoms with Gasteiger partial charge >= 0.3 is 0 Å². The van der Waals surface area contributed by atoms with E-state index in [1.54, 1.807) is 0 Å². The summed E-state index contributed by atoms with van der Waals surface area (Å²) in [5.41, 5.74) is 9.10. The van der Waals surface area contributed by atoms with Gasteiger partial charge < -0.3 is 10.6 Å². The van der Waals surface area contributed by atoms with Crippen LogP contribution >= 0.6 is 0 Å². The Hall–Kier alpha value is -2.17. The molecule has 1 fully saturated rings. The van der Waals surface area contributed by atoms with Gasteiger partial charge in [-0.3, -0.25) is 4.98 Å². The second-order valence-electron chi connectivity index (χ2n) is 7.40. The summed E-state index contributed by atoms with van der Waals surface area (Å²) in [7, 11) is 0. The zero-order chi connectivity index (χ0) is 18.0. The first-order chi connectivity index (χ1) is 12.0. The zero-order valence-corrected chi connectivity index (χ0v) is 15.7. The van der Waals surface area contributed by atoms with Gasteiger partial charge in [0.25, 0.3) is 0 Å². The molecule has 5 heteroatoms. The maximum atomic E-state index is 6.15. The van der Waals surface area contributed by atoms with E-state index in [2.05, 4.69) is 34.8 Å². The van der Waals surface area contributed by atoms with E-state index in [9.17, 15) is 0 Å². The summed E-state index contributed by atoms with van der Waals surface area (Å²) in [4.78, 5) is 16.2. The number of hydrogen-bond acceptors (Lipinski definition) is 5. The molecule has 0 saturated heterocycles. The number of anilines is 2. The van der Waals surface area contributed by atoms with Crippen LogP contribution in [0.25, 0.3) is 0 Å². The van der Waals surface area contributed by atoms with Crippen molar-refractivity contribution in [2.75, 3.05) is 10.6 Å². The molecule has 1 aliphatic carbocycles. The lowest BCUT2D eigenvalue weighted by molar-refractivity contribution is 0.226. The number of pyridine rings is 1. The van der Waals surface area contributed by atoms with Gasteiger partial charge in [0.2, 0.25) is 5.95 Å². The number of rotatable bonds is 4. The van der Waals surface area contributed by atoms with Crippen LogP contribution in [0.2, 0.25) is 0 Å². The van der Waals surface area contributed by atoms with E-state index in [4.69, 9.17) is 10.7 Å². The molecule has 2 aromatic heterocycles. The summed E-state index contributed by atoms with van der Waals surface area (Å²) in [5, 5.41) is 0. The fourth-order valence-corrected chi connectivity index (χ4v) is 3.76. The number of nitrogens with two attached hydrogens (primary N) is 1. The minimum Gasteiger partial charge on any atom is -0.383 e. The van der Waals surface area contributed by atoms with Crippen LogP contribution in [-0.4, -0.2) is 21.0 Å². The molecule has 2 aromatic rings. The summed E-state index contributed by atoms with van der Waals surface area (Å²) >= 11 is 0. The molecule has 1 saturated carbocycles. The number of nitrogen functional groups attached to an aromatic ring is 1. The maximum Gasteiger partial charge on any atom is 0.228 e. The summed E-state index contributed by atoms with van der Waals surface area (Å²) in [6.07, 6.45) is 5.55. The summed E-state index contributed by atoms with van der Waals surface area (Å²) in [5.74, 6) is 2.60. The van der Waals surface area contributed by atoms with Crippen molar-refractivity contribution >= 4 is 11.8 Å². The van der Waals surface area contributed by atoms with Crippen LogP contribution in [0.5, 0.6) is 0 Å². The monoisotopic (exact) mass is 339 g/mol. The summed E-state index contributed by atoms with van der Waals surface area (Å²) in [6.45, 7) is 9.39. The second kappa shape index (κ2) is 7.38. The van der Waals surface area contributed by atoms with Crippen LogP contribution < -0.4 is 10.6 Å². The molecule has 0 spiro atoms. The Morgan fingerprint density at radius 3 is 2.64 bits per heavy atom. The average Bonchev–Trinajstić information content (AvgIpc) is 2.61. The van der Waals surface area contributed by atoms with Gasteiger partial charge in [-0.1, -0.05) is 32.8 Å². The average molecular weight is 339 g/mol. The molecule has 0 amide bonds. The standard InChI is InChI=1S/C20H29N5/c1-13-8-7-10-18(14(13)2)25(12-17-9-5-6-11-22-17)20-23-16(4)15(3)19(21)24-20/h5-6,9,11,13-14,18H,7-8,10,12H2,1-4H3,(H2,21,23,24). The molecule has 3 unspecified atom stereocenters. The molecule has 5 nitrogen and oxygen atoms in total. The normalized spacial score (nSPS) is 23.4. The Kier molecular flexibility index (Phi) is 5.21. The molecule has 0 aromatic carbocycles. The Bertz CT molecular complexity index is 692. The van der Waals surface area contributed by atoms with E-state index < -0.39 is 0 Å². The number of hydrogen-bond donors (Lipinski definition) is 1. The van der Waals surface area contributed by atoms with E-state index >= 15 is 0 Å². The quantitative estimate of drug-likeness (QED) is 0.915. The van der Waals surface area contributed by atoms with Gasteiger partial charge in [-0.05, 0) is 44.2 Å². The van der Waals surface area contributed by atoms with Crippen molar-refractivity contribution < 1.29 is 0 Å². The first kappa shape index (κ1) is 17.6. The smallest absolute Gasteiger partial charge is 0.228 e. The van der Waals surface area contributed by atoms with Crippen molar-refractivity contribution in [3.05, 3.63) is 41.3 Å². The van der Waals surface area contributed by atoms with Crippen LogP contribution in [0.15, 0.2) is 24.4 Å². The topological polar surface area (TPSA) is 67.9 Å². The van der Waals surface area contributed by atoms with Crippen LogP contribution in [-0.2, 0) is 6.54 Å². The Morgan fingerprint density at radius 2 is 1.96 bits per heavy atom. The molecule has 0 aliphatic heterocycles. The molecule has 25 heavy (non-hydrogen) atoms. The van der Waals surface area contributed by atoms with Crippen molar-refractivity contribution in [1.82, 2.24) is 15.0 Å². The molecular weight excluding hydrogens is 310 g/mol. The van der Waals surface area contributed by atoms with Gasteiger partial charge in [-0.15, -0.1) is 0 Å². The van der Waals surface area contributed by atoms with Gasteiger partial charge in [-0.25, -0.2) is 4.98 Å². The van der Waals surface area contributed by atoms with Gasteiger partial charge in [-0.2, -0.15) is 4.98 Å². The van der Waals surface area contributed by atoms with Gasteiger partial charge in [0, 0.05) is 23.5 Å². The lowest BCUT2D eigenvalue weighted by Crippen LogP contribution is -2.45. The molecule has 134 valence electrons. The Balaban J connectivity index is 1.99. The first-order valence-corrected chi connectivity index (χ1v) is 9.24. The maximum absolute atomic E-state index is 6.15. The van der Waals surface area contributed by atoms with Crippen molar-refractivity contribution in [3.8, 4) is 0 Å². The number of nitrogens with zero attached hydrogens (tertiary/aromatic N) is 4. The SMILES string of the molecule is Cc1nc(N(Cc2ccccn2)C2CCCC(C)C2C)nc(N)c1C. The van der Waals surface area contributed by atoms with E-state index in [0.717, 1.165) is 29.3 Å². The van der Waals surface area contributed by atoms with Crippen molar-refractivity contribution in [2.24, 2.45) is 11.8 Å². The summed E-state index contributed by atoms with van der Waals surface area (Å²) < 4.78 is 0. The van der Waals surface area contributed by atoms with Crippen LogP contribution in [0.1, 0.15) is 50.1 Å². The Morgan fingerprint density at radius 1 is 1.16 bits per heavy atom. The zero-order valence-electron chi connectivity index (χ0n) is 15.7. The highest BCUT2D eigenvalue weighted by Crippen LogP contribution is 2.35. The predicted molar refractivity (Wildman–Crippen MR) is 102 cm³/mol. The minimum atomic E-state index is 0.410. The molecule has 0 radical (unpaired) electrons. The number of aromatic nitrogens is 3. The van der Waals surface area contributed by atoms with Crippen molar-refractivity contribution in [1.29, 1.82) is 0 Å². The highest BCUT2D eigenvalue weighted by atomic mass is 15.3. The third-order valence-electron chi connectivity index (χ3n) is 5.79. The molecule has 2 N–H and O–H groups in total. The van der Waals surface area contributed by atoms with Crippen LogP contribution in [0.4, 0.5) is 11.8 Å². The molecule has 2 heterocycles. The van der Waals surface area contributed by atoms with E-state index in [0.29, 0.717) is 30.2 Å². The van der Waals surface area contributed by atoms with Gasteiger partial charge in [0.1, 0.15) is 5.82 Å². The van der Waals surface area contributed by atoms with Crippen LogP contribution in [0.3, 0.4) is 0 Å². The Labute approximate surface area is 150 Å². The lowest BCUT2D eigenvalue weighted by atomic mass is 9.77. The highest BCUT2D eigenvalue weighted by molar-refractivity contribution is 5.47. The van der Waals surface area contributed by atoms with E-state index in [1.165, 1.54) is 12.8 Å². The lowest BCUT2D eigenvalue weighted by Gasteiger charge is -2.41. The fraction of sp³-hybridized carbons (Fsp3) is 0.550. The third kappa shape index (κ3) is 3.75. The minimum absolute atomic E-state index is 0.410. The predicted octanol–water partition coefficient (Wildman–Crippen LogP) is 3.90. The summed E-state index contributed by atoms with van der Waals surface area (Å²) in [6, 6.07) is 6.45. The van der Waals surface area contributed by atoms with Crippen molar-refractivity contribution in [3.63, 3.8) is 0 Å². The van der Waals surface area contributed by atoms with Gasteiger partial charge in [0.15, 0.2) is 0 Å². The molecule has 0 bridgehead atoms. The molecule has 3 rings (SSSR count). The molecule has 1 aliphatic rings. The first-order valence-electron chi connectivity index (χ1n) is 9.24. The van der Waals surface area contributed by atoms with Crippen molar-refractivity contribution in [2.45, 2.75) is 59.5 Å². The van der Waals surface area contributed by atoms with Crippen LogP contribution in [0, 0.1) is 25.7 Å². The molecular formula is C20H29N5. The highest BCUT2D eigenvalue weighted by Gasteiger charge is 2.33. The molecule has 3 atom stereocenters. The largest absolute Gasteiger partial charge is 0.383 e. The second-order valence-corrected chi connectivity index (χ2v) is 7.40. The fourth-order valence-electron chi connectivity index (χ4n) is 3.76. The van der Waals surface area contributed by atoms with Gasteiger partial charge in [0.05, 0.1) is 12.2 Å². The van der Waals surface area contributed by atoms with E-state index in [1.807, 2.05) is 32.2 Å². The number of aryl methyl sites for hydroxylation is 1. The van der Waals surface area contributed by atoms with E-state index in [-0.39, 0.29) is 0 Å².